The number of hydrogen-bond donors (Lipinski definition) is 1. The number of benzene rings is 1. The van der Waals surface area contributed by atoms with Crippen LogP contribution in [-0.4, -0.2) is 13.7 Å². The largest absolute Gasteiger partial charge is 0.496 e. The first-order chi connectivity index (χ1) is 7.94. The van der Waals surface area contributed by atoms with Crippen LogP contribution in [0.25, 0.3) is 0 Å². The highest BCUT2D eigenvalue weighted by Gasteiger charge is 2.45. The molecule has 2 N–H and O–H groups in total. The van der Waals surface area contributed by atoms with Gasteiger partial charge in [0.15, 0.2) is 0 Å². The Hall–Kier alpha value is -1.02. The zero-order chi connectivity index (χ0) is 12.7. The summed E-state index contributed by atoms with van der Waals surface area (Å²) in [4.78, 5) is 0. The number of ether oxygens (including phenoxy) is 1. The summed E-state index contributed by atoms with van der Waals surface area (Å²) in [6.07, 6.45) is 2.38. The molecule has 94 valence electrons. The average Bonchev–Trinajstić information content (AvgIpc) is 3.07. The number of methoxy groups -OCH3 is 1. The Morgan fingerprint density at radius 3 is 2.35 bits per heavy atom. The van der Waals surface area contributed by atoms with Crippen molar-refractivity contribution in [1.82, 2.24) is 0 Å². The van der Waals surface area contributed by atoms with Crippen LogP contribution in [-0.2, 0) is 10.8 Å². The van der Waals surface area contributed by atoms with Gasteiger partial charge in [0.25, 0.3) is 0 Å². The maximum absolute atomic E-state index is 5.93. The molecule has 0 heterocycles. The average molecular weight is 233 g/mol. The van der Waals surface area contributed by atoms with Gasteiger partial charge in [0, 0.05) is 17.5 Å². The highest BCUT2D eigenvalue weighted by molar-refractivity contribution is 5.51. The third-order valence-corrected chi connectivity index (χ3v) is 3.84. The zero-order valence-corrected chi connectivity index (χ0v) is 11.3. The minimum absolute atomic E-state index is 0.103. The Morgan fingerprint density at radius 1 is 1.29 bits per heavy atom. The van der Waals surface area contributed by atoms with E-state index in [0.717, 1.165) is 12.3 Å². The van der Waals surface area contributed by atoms with Crippen molar-refractivity contribution in [2.24, 2.45) is 5.73 Å². The van der Waals surface area contributed by atoms with Crippen LogP contribution in [0.15, 0.2) is 18.2 Å². The van der Waals surface area contributed by atoms with Gasteiger partial charge in [-0.1, -0.05) is 39.0 Å². The quantitative estimate of drug-likeness (QED) is 0.871. The lowest BCUT2D eigenvalue weighted by Gasteiger charge is -2.26. The van der Waals surface area contributed by atoms with Crippen LogP contribution in [0.4, 0.5) is 0 Å². The molecule has 2 heteroatoms. The molecule has 1 aliphatic rings. The van der Waals surface area contributed by atoms with Crippen molar-refractivity contribution in [2.75, 3.05) is 13.7 Å². The van der Waals surface area contributed by atoms with Gasteiger partial charge in [-0.3, -0.25) is 0 Å². The molecule has 1 saturated carbocycles. The lowest BCUT2D eigenvalue weighted by molar-refractivity contribution is 0.387. The fraction of sp³-hybridized carbons (Fsp3) is 0.600. The van der Waals surface area contributed by atoms with E-state index in [1.807, 2.05) is 0 Å². The number of nitrogens with two attached hydrogens (primary N) is 1. The van der Waals surface area contributed by atoms with Crippen molar-refractivity contribution in [3.8, 4) is 5.75 Å². The number of hydrogen-bond acceptors (Lipinski definition) is 2. The molecule has 0 aromatic heterocycles. The van der Waals surface area contributed by atoms with Crippen LogP contribution in [0.2, 0.25) is 0 Å². The summed E-state index contributed by atoms with van der Waals surface area (Å²) >= 11 is 0. The Labute approximate surface area is 104 Å². The van der Waals surface area contributed by atoms with Crippen LogP contribution < -0.4 is 10.5 Å². The monoisotopic (exact) mass is 233 g/mol. The van der Waals surface area contributed by atoms with Crippen LogP contribution in [0.1, 0.15) is 44.7 Å². The van der Waals surface area contributed by atoms with E-state index >= 15 is 0 Å². The van der Waals surface area contributed by atoms with Crippen molar-refractivity contribution in [2.45, 2.75) is 44.4 Å². The molecule has 0 aliphatic heterocycles. The summed E-state index contributed by atoms with van der Waals surface area (Å²) in [6.45, 7) is 7.38. The molecule has 2 nitrogen and oxygen atoms in total. The molecule has 1 aliphatic carbocycles. The van der Waals surface area contributed by atoms with E-state index < -0.39 is 0 Å². The summed E-state index contributed by atoms with van der Waals surface area (Å²) in [5.74, 6) is 1.04. The molecule has 0 unspecified atom stereocenters. The summed E-state index contributed by atoms with van der Waals surface area (Å²) in [6, 6.07) is 6.47. The molecule has 1 aromatic rings. The standard InChI is InChI=1S/C15H23NO/c1-14(2,3)11-6-5-7-12(13(11)17-4)15(10-16)8-9-15/h5-7H,8-10,16H2,1-4H3. The van der Waals surface area contributed by atoms with Gasteiger partial charge in [-0.25, -0.2) is 0 Å². The molecule has 0 spiro atoms. The normalized spacial score (nSPS) is 17.9. The van der Waals surface area contributed by atoms with Crippen LogP contribution >= 0.6 is 0 Å². The van der Waals surface area contributed by atoms with Gasteiger partial charge < -0.3 is 10.5 Å². The first kappa shape index (κ1) is 12.4. The first-order valence-corrected chi connectivity index (χ1v) is 6.33. The third-order valence-electron chi connectivity index (χ3n) is 3.84. The molecular weight excluding hydrogens is 210 g/mol. The van der Waals surface area contributed by atoms with Gasteiger partial charge in [0.05, 0.1) is 7.11 Å². The predicted octanol–water partition coefficient (Wildman–Crippen LogP) is 2.98. The molecule has 0 amide bonds. The van der Waals surface area contributed by atoms with E-state index in [4.69, 9.17) is 10.5 Å². The second kappa shape index (κ2) is 4.02. The summed E-state index contributed by atoms with van der Waals surface area (Å²) in [5.41, 5.74) is 8.79. The Morgan fingerprint density at radius 2 is 1.94 bits per heavy atom. The van der Waals surface area contributed by atoms with Crippen LogP contribution in [0, 0.1) is 0 Å². The Balaban J connectivity index is 2.55. The van der Waals surface area contributed by atoms with Crippen molar-refractivity contribution < 1.29 is 4.74 Å². The summed E-state index contributed by atoms with van der Waals surface area (Å²) in [5, 5.41) is 0. The second-order valence-electron chi connectivity index (χ2n) is 6.12. The Bertz CT molecular complexity index is 413. The van der Waals surface area contributed by atoms with Crippen molar-refractivity contribution in [3.63, 3.8) is 0 Å². The maximum atomic E-state index is 5.93. The van der Waals surface area contributed by atoms with Crippen molar-refractivity contribution >= 4 is 0 Å². The Kier molecular flexibility index (Phi) is 2.94. The molecule has 1 fully saturated rings. The molecule has 17 heavy (non-hydrogen) atoms. The third kappa shape index (κ3) is 2.06. The number of para-hydroxylation sites is 1. The number of rotatable bonds is 3. The SMILES string of the molecule is COc1c(C(C)(C)C)cccc1C1(CN)CC1. The molecule has 0 saturated heterocycles. The first-order valence-electron chi connectivity index (χ1n) is 6.33. The van der Waals surface area contributed by atoms with E-state index in [9.17, 15) is 0 Å². The van der Waals surface area contributed by atoms with Gasteiger partial charge in [0.1, 0.15) is 5.75 Å². The minimum Gasteiger partial charge on any atom is -0.496 e. The van der Waals surface area contributed by atoms with Gasteiger partial charge >= 0.3 is 0 Å². The van der Waals surface area contributed by atoms with Gasteiger partial charge in [-0.15, -0.1) is 0 Å². The maximum Gasteiger partial charge on any atom is 0.126 e. The highest BCUT2D eigenvalue weighted by atomic mass is 16.5. The predicted molar refractivity (Wildman–Crippen MR) is 71.7 cm³/mol. The fourth-order valence-corrected chi connectivity index (χ4v) is 2.50. The van der Waals surface area contributed by atoms with E-state index in [-0.39, 0.29) is 10.8 Å². The molecule has 0 atom stereocenters. The van der Waals surface area contributed by atoms with Crippen molar-refractivity contribution in [1.29, 1.82) is 0 Å². The van der Waals surface area contributed by atoms with E-state index in [1.54, 1.807) is 7.11 Å². The van der Waals surface area contributed by atoms with Crippen molar-refractivity contribution in [3.05, 3.63) is 29.3 Å². The topological polar surface area (TPSA) is 35.2 Å². The van der Waals surface area contributed by atoms with E-state index in [1.165, 1.54) is 24.0 Å². The minimum atomic E-state index is 0.103. The second-order valence-corrected chi connectivity index (χ2v) is 6.12. The van der Waals surface area contributed by atoms with Gasteiger partial charge in [-0.05, 0) is 23.8 Å². The molecule has 1 aromatic carbocycles. The summed E-state index contributed by atoms with van der Waals surface area (Å²) in [7, 11) is 1.76. The van der Waals surface area contributed by atoms with Gasteiger partial charge in [-0.2, -0.15) is 0 Å². The molecule has 2 rings (SSSR count). The smallest absolute Gasteiger partial charge is 0.126 e. The molecule has 0 bridgehead atoms. The molecular formula is C15H23NO. The zero-order valence-electron chi connectivity index (χ0n) is 11.3. The van der Waals surface area contributed by atoms with E-state index in [2.05, 4.69) is 39.0 Å². The molecule has 0 radical (unpaired) electrons. The highest BCUT2D eigenvalue weighted by Crippen LogP contribution is 2.52. The van der Waals surface area contributed by atoms with Crippen LogP contribution in [0.5, 0.6) is 5.75 Å². The lowest BCUT2D eigenvalue weighted by Crippen LogP contribution is -2.22. The van der Waals surface area contributed by atoms with E-state index in [0.29, 0.717) is 0 Å². The lowest BCUT2D eigenvalue weighted by atomic mass is 9.82. The van der Waals surface area contributed by atoms with Gasteiger partial charge in [0.2, 0.25) is 0 Å². The summed E-state index contributed by atoms with van der Waals surface area (Å²) < 4.78 is 5.68. The fourth-order valence-electron chi connectivity index (χ4n) is 2.50. The van der Waals surface area contributed by atoms with Crippen LogP contribution in [0.3, 0.4) is 0 Å².